The Morgan fingerprint density at radius 3 is 1.10 bits per heavy atom. The Bertz CT molecular complexity index is 2600. The van der Waals surface area contributed by atoms with Crippen molar-refractivity contribution in [2.24, 2.45) is 99.6 Å². The van der Waals surface area contributed by atoms with Gasteiger partial charge in [0.1, 0.15) is 23.1 Å². The van der Waals surface area contributed by atoms with E-state index < -0.39 is 39.6 Å². The lowest BCUT2D eigenvalue weighted by Crippen LogP contribution is -2.48. The largest absolute Gasteiger partial charge is 0.513 e. The zero-order valence-electron chi connectivity index (χ0n) is 66.7. The first-order valence-corrected chi connectivity index (χ1v) is 38.4. The summed E-state index contributed by atoms with van der Waals surface area (Å²) in [6.45, 7) is 53.6. The molecule has 0 aromatic heterocycles. The van der Waals surface area contributed by atoms with Gasteiger partial charge in [0, 0.05) is 29.6 Å². The van der Waals surface area contributed by atoms with E-state index in [0.29, 0.717) is 35.0 Å². The van der Waals surface area contributed by atoms with Gasteiger partial charge in [-0.25, -0.2) is 4.79 Å². The third-order valence-corrected chi connectivity index (χ3v) is 26.2. The molecule has 8 rings (SSSR count). The molecule has 6 saturated carbocycles. The summed E-state index contributed by atoms with van der Waals surface area (Å²) in [4.78, 5) is 56.6. The van der Waals surface area contributed by atoms with Crippen LogP contribution in [0.5, 0.6) is 0 Å². The van der Waals surface area contributed by atoms with E-state index in [1.54, 1.807) is 45.9 Å². The maximum Gasteiger partial charge on any atom is 0.335 e. The summed E-state index contributed by atoms with van der Waals surface area (Å²) in [6, 6.07) is 5.06. The molecule has 9 N–H and O–H groups in total. The highest BCUT2D eigenvalue weighted by atomic mass is 16.4. The van der Waals surface area contributed by atoms with Crippen molar-refractivity contribution in [3.8, 4) is 0 Å². The summed E-state index contributed by atoms with van der Waals surface area (Å²) >= 11 is 0. The number of hydrogen-bond acceptors (Lipinski definition) is 13. The van der Waals surface area contributed by atoms with Gasteiger partial charge >= 0.3 is 5.97 Å². The summed E-state index contributed by atoms with van der Waals surface area (Å²) in [5.74, 6) is 4.37. The number of aliphatic hydroxyl groups is 8. The first-order valence-electron chi connectivity index (χ1n) is 38.4. The zero-order valence-corrected chi connectivity index (χ0v) is 66.7. The Morgan fingerprint density at radius 2 is 0.847 bits per heavy atom. The molecule has 6 fully saturated rings. The number of carboxylic acids is 1. The number of benzene rings is 1. The number of carbonyl (C=O) groups is 5. The van der Waals surface area contributed by atoms with Crippen LogP contribution >= 0.6 is 0 Å². The van der Waals surface area contributed by atoms with Gasteiger partial charge in [0.25, 0.3) is 0 Å². The Morgan fingerprint density at radius 1 is 0.480 bits per heavy atom. The highest BCUT2D eigenvalue weighted by Crippen LogP contribution is 2.51. The number of hydrogen-bond donors (Lipinski definition) is 9. The molecule has 0 spiro atoms. The van der Waals surface area contributed by atoms with Crippen LogP contribution in [0.1, 0.15) is 329 Å². The van der Waals surface area contributed by atoms with Crippen LogP contribution in [-0.4, -0.2) is 109 Å². The zero-order chi connectivity index (χ0) is 76.0. The maximum absolute atomic E-state index is 11.5. The van der Waals surface area contributed by atoms with E-state index in [1.165, 1.54) is 6.42 Å². The molecule has 0 bridgehead atoms. The maximum atomic E-state index is 11.5. The predicted octanol–water partition coefficient (Wildman–Crippen LogP) is 17.8. The minimum Gasteiger partial charge on any atom is -0.513 e. The Labute approximate surface area is 596 Å². The molecule has 0 radical (unpaired) electrons. The normalized spacial score (nSPS) is 32.9. The average Bonchev–Trinajstić information content (AvgIpc) is 0.789. The van der Waals surface area contributed by atoms with Crippen molar-refractivity contribution in [1.82, 2.24) is 0 Å². The smallest absolute Gasteiger partial charge is 0.335 e. The van der Waals surface area contributed by atoms with Crippen molar-refractivity contribution >= 4 is 29.1 Å². The lowest BCUT2D eigenvalue weighted by Gasteiger charge is -2.48. The van der Waals surface area contributed by atoms with Gasteiger partial charge in [0.05, 0.1) is 50.5 Å². The fourth-order valence-electron chi connectivity index (χ4n) is 17.5. The molecule has 7 aliphatic rings. The molecule has 14 nitrogen and oxygen atoms in total. The second-order valence-corrected chi connectivity index (χ2v) is 36.3. The van der Waals surface area contributed by atoms with Crippen molar-refractivity contribution < 1.29 is 69.9 Å². The van der Waals surface area contributed by atoms with Crippen LogP contribution in [0.3, 0.4) is 0 Å². The number of aliphatic hydroxyl groups excluding tert-OH is 1. The van der Waals surface area contributed by atoms with E-state index >= 15 is 0 Å². The molecule has 568 valence electrons. The number of Topliss-reactive ketones (excluding diaryl/α,β-unsaturated/α-hetero) is 4. The summed E-state index contributed by atoms with van der Waals surface area (Å²) in [5.41, 5.74) is -1.81. The van der Waals surface area contributed by atoms with Crippen LogP contribution in [0.4, 0.5) is 0 Å². The molecule has 14 heteroatoms. The van der Waals surface area contributed by atoms with Crippen molar-refractivity contribution in [3.63, 3.8) is 0 Å². The summed E-state index contributed by atoms with van der Waals surface area (Å²) in [7, 11) is 0. The molecule has 1 aromatic rings. The highest BCUT2D eigenvalue weighted by Gasteiger charge is 2.50. The second kappa shape index (κ2) is 36.9. The number of carbonyl (C=O) groups excluding carboxylic acids is 4. The number of aromatic carboxylic acids is 1. The number of rotatable bonds is 14. The Kier molecular flexibility index (Phi) is 34.1. The van der Waals surface area contributed by atoms with Crippen molar-refractivity contribution in [1.29, 1.82) is 0 Å². The van der Waals surface area contributed by atoms with Gasteiger partial charge in [-0.3, -0.25) is 19.2 Å². The SMILES string of the molecule is C=C(O)C1CCC(C(C)(O)C(C)C)CC1.CC(=O)C1CCC(O)(C(C)C)CC1(C)C.CC(=O)C1CCC(O)(C(C)C)CC1(C)C.CC(=O)C1CCC(O)(C(C)C)CC1C.CC(=O)C1CCC(O)(C(C)C)CC1C.CC(C)C1(O)CCC1.CC(C)C1(O)CCCc2cc(C(=O)O)ccc21. The van der Waals surface area contributed by atoms with E-state index in [1.807, 2.05) is 20.8 Å². The van der Waals surface area contributed by atoms with Crippen LogP contribution in [0.15, 0.2) is 30.5 Å². The lowest BCUT2D eigenvalue weighted by atomic mass is 9.60. The molecule has 12 unspecified atom stereocenters. The molecule has 0 amide bonds. The first kappa shape index (κ1) is 90.7. The summed E-state index contributed by atoms with van der Waals surface area (Å²) < 4.78 is 0. The fraction of sp³-hybridized carbons (Fsp3) is 0.845. The number of fused-ring (bicyclic) bond motifs is 1. The molecule has 12 atom stereocenters. The lowest BCUT2D eigenvalue weighted by molar-refractivity contribution is -0.137. The van der Waals surface area contributed by atoms with Crippen LogP contribution in [0.25, 0.3) is 0 Å². The minimum atomic E-state index is -0.911. The van der Waals surface area contributed by atoms with Crippen LogP contribution < -0.4 is 0 Å². The van der Waals surface area contributed by atoms with Gasteiger partial charge in [-0.2, -0.15) is 0 Å². The molecule has 0 heterocycles. The number of allylic oxidation sites excluding steroid dienone is 1. The third kappa shape index (κ3) is 24.4. The Hall–Kier alpha value is -3.37. The predicted molar refractivity (Wildman–Crippen MR) is 399 cm³/mol. The molecule has 98 heavy (non-hydrogen) atoms. The van der Waals surface area contributed by atoms with Crippen molar-refractivity contribution in [2.45, 2.75) is 354 Å². The molecule has 0 saturated heterocycles. The standard InChI is InChI=1S/C14H18O3.3C13H24O2.2C12H22O2.C7H14O/c1-9(2)14(17)7-3-4-10-8-11(13(15)16)5-6-12(10)14;2*1-9(2)13(15)7-6-11(10(3)14)12(4,5)8-13;1-9(2)13(4,15)12-7-5-11(6-8-12)10(3)14;2*1-8(2)12(14)6-5-11(10(4)13)9(3)7-12;1-6(2)7(8)4-3-5-7/h5-6,8-9,17H,3-4,7H2,1-2H3,(H,15,16);2*9,11,15H,6-8H2,1-5H3;9,11-12,14-15H,3,5-8H2,1-2,4H3;2*8-9,11,14H,5-7H2,1-4H3;6,8H,3-5H2,1-2H3. The molecule has 0 aliphatic heterocycles. The molecule has 1 aromatic carbocycles. The van der Waals surface area contributed by atoms with E-state index in [0.717, 1.165) is 146 Å². The van der Waals surface area contributed by atoms with Crippen LogP contribution in [0.2, 0.25) is 0 Å². The van der Waals surface area contributed by atoms with Gasteiger partial charge in [-0.15, -0.1) is 0 Å². The van der Waals surface area contributed by atoms with Crippen LogP contribution in [-0.2, 0) is 31.2 Å². The number of ketones is 4. The van der Waals surface area contributed by atoms with Gasteiger partial charge in [-0.05, 0) is 269 Å². The van der Waals surface area contributed by atoms with Gasteiger partial charge in [0.2, 0.25) is 0 Å². The van der Waals surface area contributed by atoms with E-state index in [9.17, 15) is 64.8 Å². The topological polar surface area (TPSA) is 267 Å². The summed E-state index contributed by atoms with van der Waals surface area (Å²) in [5, 5.41) is 90.4. The summed E-state index contributed by atoms with van der Waals surface area (Å²) in [6.07, 6.45) is 19.1. The molecule has 7 aliphatic carbocycles. The van der Waals surface area contributed by atoms with Crippen LogP contribution in [0, 0.1) is 99.6 Å². The minimum absolute atomic E-state index is 0.0664. The monoisotopic (exact) mass is 1380 g/mol. The Balaban J connectivity index is 0.000000392. The number of aryl methyl sites for hydroxylation is 1. The van der Waals surface area contributed by atoms with Crippen molar-refractivity contribution in [3.05, 3.63) is 47.2 Å². The van der Waals surface area contributed by atoms with E-state index in [4.69, 9.17) is 5.11 Å². The highest BCUT2D eigenvalue weighted by molar-refractivity contribution is 5.88. The van der Waals surface area contributed by atoms with E-state index in [2.05, 4.69) is 131 Å². The third-order valence-electron chi connectivity index (χ3n) is 26.2. The van der Waals surface area contributed by atoms with Gasteiger partial charge in [-0.1, -0.05) is 151 Å². The second-order valence-electron chi connectivity index (χ2n) is 36.3. The molecular formula is C84H148O14. The quantitative estimate of drug-likeness (QED) is 0.0785. The van der Waals surface area contributed by atoms with Gasteiger partial charge < -0.3 is 46.0 Å². The first-order chi connectivity index (χ1) is 44.6. The van der Waals surface area contributed by atoms with Gasteiger partial charge in [0.15, 0.2) is 0 Å². The number of carboxylic acid groups (broad SMARTS) is 1. The molecular weight excluding hydrogens is 1230 g/mol. The average molecular weight is 1380 g/mol. The van der Waals surface area contributed by atoms with E-state index in [-0.39, 0.29) is 105 Å². The fourth-order valence-corrected chi connectivity index (χ4v) is 17.5. The van der Waals surface area contributed by atoms with Crippen molar-refractivity contribution in [2.75, 3.05) is 0 Å².